The zero-order valence-corrected chi connectivity index (χ0v) is 29.2. The summed E-state index contributed by atoms with van der Waals surface area (Å²) < 4.78 is 35.8. The minimum Gasteiger partial charge on any atom is -0.497 e. The Kier molecular flexibility index (Phi) is 6.70. The molecular weight excluding hydrogens is 623 g/mol. The summed E-state index contributed by atoms with van der Waals surface area (Å²) >= 11 is 0. The number of carbonyl (C=O) groups is 2. The lowest BCUT2D eigenvalue weighted by Crippen LogP contribution is -2.45. The van der Waals surface area contributed by atoms with Gasteiger partial charge in [0.15, 0.2) is 0 Å². The van der Waals surface area contributed by atoms with Crippen molar-refractivity contribution in [2.24, 2.45) is 22.2 Å². The van der Waals surface area contributed by atoms with Crippen LogP contribution in [0.15, 0.2) is 36.4 Å². The van der Waals surface area contributed by atoms with Gasteiger partial charge >= 0.3 is 0 Å². The third-order valence-corrected chi connectivity index (χ3v) is 15.6. The molecule has 48 heavy (non-hydrogen) atoms. The lowest BCUT2D eigenvalue weighted by Gasteiger charge is -2.50. The Morgan fingerprint density at radius 1 is 0.979 bits per heavy atom. The minimum atomic E-state index is -3.79. The first-order valence-electron chi connectivity index (χ1n) is 18.2. The van der Waals surface area contributed by atoms with Crippen LogP contribution in [0.4, 0.5) is 0 Å². The molecule has 6 aliphatic rings. The van der Waals surface area contributed by atoms with Gasteiger partial charge in [-0.2, -0.15) is 0 Å². The Balaban J connectivity index is 1.21. The van der Waals surface area contributed by atoms with Crippen molar-refractivity contribution < 1.29 is 22.7 Å². The maximum atomic E-state index is 15.1. The van der Waals surface area contributed by atoms with Gasteiger partial charge in [0.25, 0.3) is 5.91 Å². The van der Waals surface area contributed by atoms with Crippen molar-refractivity contribution in [2.45, 2.75) is 102 Å². The van der Waals surface area contributed by atoms with Gasteiger partial charge in [0.1, 0.15) is 11.5 Å². The Labute approximate surface area is 283 Å². The van der Waals surface area contributed by atoms with E-state index in [-0.39, 0.29) is 22.7 Å². The number of sulfonamides is 1. The van der Waals surface area contributed by atoms with E-state index in [4.69, 9.17) is 4.74 Å². The summed E-state index contributed by atoms with van der Waals surface area (Å²) in [6.45, 7) is 5.80. The predicted molar refractivity (Wildman–Crippen MR) is 186 cm³/mol. The van der Waals surface area contributed by atoms with E-state index in [2.05, 4.69) is 26.7 Å². The Morgan fingerprint density at radius 3 is 2.38 bits per heavy atom. The number of fused-ring (bicyclic) bond motifs is 7. The van der Waals surface area contributed by atoms with E-state index < -0.39 is 26.6 Å². The molecule has 4 saturated carbocycles. The number of hydrogen-bond donors (Lipinski definition) is 2. The van der Waals surface area contributed by atoms with Crippen LogP contribution < -0.4 is 14.8 Å². The Bertz CT molecular complexity index is 1970. The largest absolute Gasteiger partial charge is 0.497 e. The van der Waals surface area contributed by atoms with Crippen LogP contribution in [0.1, 0.15) is 111 Å². The van der Waals surface area contributed by atoms with Crippen molar-refractivity contribution in [3.63, 3.8) is 0 Å². The second kappa shape index (κ2) is 10.4. The molecule has 1 saturated heterocycles. The number of nitrogens with one attached hydrogen (secondary N) is 2. The highest BCUT2D eigenvalue weighted by atomic mass is 32.2. The third kappa shape index (κ3) is 4.18. The van der Waals surface area contributed by atoms with Crippen molar-refractivity contribution in [3.05, 3.63) is 53.1 Å². The van der Waals surface area contributed by atoms with Crippen LogP contribution >= 0.6 is 0 Å². The second-order valence-electron chi connectivity index (χ2n) is 16.4. The average molecular weight is 670 g/mol. The molecule has 9 rings (SSSR count). The van der Waals surface area contributed by atoms with Crippen LogP contribution in [-0.2, 0) is 21.4 Å². The highest BCUT2D eigenvalue weighted by molar-refractivity contribution is 7.90. The number of aromatic nitrogens is 1. The van der Waals surface area contributed by atoms with Crippen LogP contribution in [-0.4, -0.2) is 50.1 Å². The van der Waals surface area contributed by atoms with E-state index >= 15 is 4.79 Å². The number of ether oxygens (including phenoxy) is 1. The maximum Gasteiger partial charge on any atom is 0.264 e. The molecule has 3 aromatic rings. The molecule has 254 valence electrons. The highest BCUT2D eigenvalue weighted by Gasteiger charge is 2.71. The zero-order valence-electron chi connectivity index (χ0n) is 28.4. The number of hydrogen-bond acceptors (Lipinski definition) is 6. The summed E-state index contributed by atoms with van der Waals surface area (Å²) in [4.78, 5) is 28.5. The summed E-state index contributed by atoms with van der Waals surface area (Å²) in [6.07, 6.45) is 11.1. The molecule has 8 nitrogen and oxygen atoms in total. The fourth-order valence-corrected chi connectivity index (χ4v) is 11.7. The molecule has 2 N–H and O–H groups in total. The molecule has 2 unspecified atom stereocenters. The van der Waals surface area contributed by atoms with Gasteiger partial charge in [-0.05, 0) is 117 Å². The Hall–Kier alpha value is -3.17. The van der Waals surface area contributed by atoms with E-state index in [9.17, 15) is 13.2 Å². The quantitative estimate of drug-likeness (QED) is 0.291. The number of benzene rings is 2. The molecule has 9 heteroatoms. The average Bonchev–Trinajstić information content (AvgIpc) is 3.60. The number of methoxy groups -OCH3 is 1. The number of Topliss-reactive ketones (excluding diaryl/α,β-unsaturated/α-hetero) is 1. The van der Waals surface area contributed by atoms with Crippen LogP contribution in [0.25, 0.3) is 22.2 Å². The van der Waals surface area contributed by atoms with Gasteiger partial charge < -0.3 is 14.6 Å². The molecule has 1 aromatic heterocycles. The van der Waals surface area contributed by atoms with Crippen molar-refractivity contribution in [3.8, 4) is 17.0 Å². The maximum absolute atomic E-state index is 15.1. The van der Waals surface area contributed by atoms with Gasteiger partial charge in [-0.15, -0.1) is 0 Å². The first kappa shape index (κ1) is 30.9. The van der Waals surface area contributed by atoms with Gasteiger partial charge in [0.2, 0.25) is 10.0 Å². The summed E-state index contributed by atoms with van der Waals surface area (Å²) in [7, 11) is -2.08. The number of nitrogens with zero attached hydrogens (tertiary/aromatic N) is 1. The number of ketones is 1. The SMILES string of the molecule is COc1ccc2c(c1)[C@@H]1C[C@]1(C(=O)C1CC34CCC3(CNC4)C1)Cn1c-2c(C2CCCCC2)c2ccc(C(=O)NS(=O)(=O)C(C)C)cc21. The van der Waals surface area contributed by atoms with E-state index in [1.54, 1.807) is 27.0 Å². The number of rotatable bonds is 7. The van der Waals surface area contributed by atoms with Crippen molar-refractivity contribution in [2.75, 3.05) is 20.2 Å². The first-order chi connectivity index (χ1) is 23.0. The first-order valence-corrected chi connectivity index (χ1v) is 19.7. The van der Waals surface area contributed by atoms with Crippen molar-refractivity contribution >= 4 is 32.6 Å². The molecular formula is C39H47N3O5S. The van der Waals surface area contributed by atoms with Crippen LogP contribution in [0, 0.1) is 22.2 Å². The number of amides is 1. The van der Waals surface area contributed by atoms with Crippen LogP contribution in [0.5, 0.6) is 5.75 Å². The molecule has 3 heterocycles. The van der Waals surface area contributed by atoms with E-state index in [1.165, 1.54) is 54.5 Å². The van der Waals surface area contributed by atoms with Gasteiger partial charge in [0, 0.05) is 53.5 Å². The molecule has 1 amide bonds. The summed E-state index contributed by atoms with van der Waals surface area (Å²) in [6, 6.07) is 12.1. The van der Waals surface area contributed by atoms with E-state index in [0.29, 0.717) is 23.8 Å². The Morgan fingerprint density at radius 2 is 1.71 bits per heavy atom. The second-order valence-corrected chi connectivity index (χ2v) is 18.7. The highest BCUT2D eigenvalue weighted by Crippen LogP contribution is 2.73. The summed E-state index contributed by atoms with van der Waals surface area (Å²) in [5.41, 5.74) is 6.18. The van der Waals surface area contributed by atoms with Gasteiger partial charge in [0.05, 0.1) is 23.5 Å². The molecule has 0 bridgehead atoms. The zero-order chi connectivity index (χ0) is 33.2. The van der Waals surface area contributed by atoms with Gasteiger partial charge in [-0.1, -0.05) is 25.3 Å². The van der Waals surface area contributed by atoms with Crippen molar-refractivity contribution in [1.29, 1.82) is 0 Å². The smallest absolute Gasteiger partial charge is 0.264 e. The van der Waals surface area contributed by atoms with Gasteiger partial charge in [-0.3, -0.25) is 9.59 Å². The normalized spacial score (nSPS) is 32.0. The summed E-state index contributed by atoms with van der Waals surface area (Å²) in [5, 5.41) is 4.05. The number of carbonyl (C=O) groups excluding carboxylic acids is 2. The standard InChI is InChI=1S/C39H47N3O5S/c1-23(2)48(45,46)41-36(44)25-9-11-29-32(15-25)42-22-39(35(43)26-17-37-13-14-38(37,18-26)21-40-20-37)19-31(39)30-16-27(47-3)10-12-28(30)34(42)33(29)24-7-5-4-6-8-24/h9-12,15-16,23-24,26,31,40H,4-8,13-14,17-22H2,1-3H3,(H,41,44)/t26?,31-,37?,38?,39-/m0/s1. The molecule has 0 spiro atoms. The monoisotopic (exact) mass is 669 g/mol. The van der Waals surface area contributed by atoms with Crippen LogP contribution in [0.2, 0.25) is 0 Å². The molecule has 2 aliphatic heterocycles. The van der Waals surface area contributed by atoms with Crippen LogP contribution in [0.3, 0.4) is 0 Å². The van der Waals surface area contributed by atoms with E-state index in [1.807, 2.05) is 18.2 Å². The fraction of sp³-hybridized carbons (Fsp3) is 0.590. The predicted octanol–water partition coefficient (Wildman–Crippen LogP) is 6.67. The van der Waals surface area contributed by atoms with E-state index in [0.717, 1.165) is 61.8 Å². The molecule has 4 atom stereocenters. The molecule has 5 fully saturated rings. The molecule has 0 radical (unpaired) electrons. The molecule has 2 aromatic carbocycles. The fourth-order valence-electron chi connectivity index (χ4n) is 11.1. The molecule has 4 aliphatic carbocycles. The lowest BCUT2D eigenvalue weighted by atomic mass is 9.53. The lowest BCUT2D eigenvalue weighted by molar-refractivity contribution is -0.129. The topological polar surface area (TPSA) is 106 Å². The third-order valence-electron chi connectivity index (χ3n) is 13.9. The van der Waals surface area contributed by atoms with Gasteiger partial charge in [-0.25, -0.2) is 13.1 Å². The minimum absolute atomic E-state index is 0.0810. The van der Waals surface area contributed by atoms with Crippen molar-refractivity contribution in [1.82, 2.24) is 14.6 Å². The summed E-state index contributed by atoms with van der Waals surface area (Å²) in [5.74, 6) is 1.21.